The van der Waals surface area contributed by atoms with Gasteiger partial charge in [0.2, 0.25) is 0 Å². The van der Waals surface area contributed by atoms with Crippen LogP contribution >= 0.6 is 15.9 Å². The molecule has 2 aromatic rings. The van der Waals surface area contributed by atoms with Crippen LogP contribution in [0.4, 0.5) is 0 Å². The minimum Gasteiger partial charge on any atom is -0.313 e. The van der Waals surface area contributed by atoms with Crippen LogP contribution < -0.4 is 11.2 Å². The lowest BCUT2D eigenvalue weighted by Crippen LogP contribution is -2.35. The van der Waals surface area contributed by atoms with Gasteiger partial charge in [-0.1, -0.05) is 6.07 Å². The fourth-order valence-corrected chi connectivity index (χ4v) is 1.79. The number of pyridine rings is 1. The fraction of sp³-hybridized carbons (Fsp3) is 0.182. The maximum atomic E-state index is 11.7. The number of nitrogens with zero attached hydrogens (tertiary/aromatic N) is 2. The largest absolute Gasteiger partial charge is 0.328 e. The van der Waals surface area contributed by atoms with E-state index in [0.29, 0.717) is 17.4 Å². The van der Waals surface area contributed by atoms with E-state index in [1.54, 1.807) is 6.20 Å². The number of rotatable bonds is 3. The summed E-state index contributed by atoms with van der Waals surface area (Å²) in [6.07, 6.45) is 3.57. The first-order chi connectivity index (χ1) is 8.18. The van der Waals surface area contributed by atoms with Crippen molar-refractivity contribution in [3.63, 3.8) is 0 Å². The van der Waals surface area contributed by atoms with Crippen LogP contribution in [0.1, 0.15) is 5.69 Å². The molecule has 0 aliphatic rings. The molecule has 0 saturated carbocycles. The van der Waals surface area contributed by atoms with E-state index in [9.17, 15) is 9.59 Å². The van der Waals surface area contributed by atoms with Crippen LogP contribution in [0.25, 0.3) is 0 Å². The first-order valence-corrected chi connectivity index (χ1v) is 5.86. The maximum Gasteiger partial charge on any atom is 0.328 e. The Bertz CT molecular complexity index is 619. The van der Waals surface area contributed by atoms with Gasteiger partial charge in [-0.25, -0.2) is 4.79 Å². The molecule has 0 spiro atoms. The zero-order valence-corrected chi connectivity index (χ0v) is 10.5. The summed E-state index contributed by atoms with van der Waals surface area (Å²) in [7, 11) is 0. The Morgan fingerprint density at radius 2 is 2.18 bits per heavy atom. The maximum absolute atomic E-state index is 11.7. The molecule has 17 heavy (non-hydrogen) atoms. The minimum absolute atomic E-state index is 0.310. The van der Waals surface area contributed by atoms with E-state index in [4.69, 9.17) is 0 Å². The molecule has 2 heterocycles. The van der Waals surface area contributed by atoms with Gasteiger partial charge in [-0.3, -0.25) is 14.3 Å². The summed E-state index contributed by atoms with van der Waals surface area (Å²) in [5.74, 6) is 0. The number of hydrogen-bond donors (Lipinski definition) is 1. The summed E-state index contributed by atoms with van der Waals surface area (Å²) >= 11 is 3.09. The molecule has 0 unspecified atom stereocenters. The molecule has 0 bridgehead atoms. The topological polar surface area (TPSA) is 67.8 Å². The van der Waals surface area contributed by atoms with E-state index in [0.717, 1.165) is 10.3 Å². The highest BCUT2D eigenvalue weighted by Gasteiger charge is 2.05. The van der Waals surface area contributed by atoms with E-state index >= 15 is 0 Å². The van der Waals surface area contributed by atoms with E-state index in [1.807, 2.05) is 18.2 Å². The van der Waals surface area contributed by atoms with Gasteiger partial charge in [-0.15, -0.1) is 0 Å². The Labute approximate surface area is 105 Å². The van der Waals surface area contributed by atoms with Crippen molar-refractivity contribution in [1.29, 1.82) is 0 Å². The quantitative estimate of drug-likeness (QED) is 0.916. The number of halogens is 1. The van der Waals surface area contributed by atoms with Crippen molar-refractivity contribution in [2.75, 3.05) is 0 Å². The average Bonchev–Trinajstić information content (AvgIpc) is 2.35. The van der Waals surface area contributed by atoms with Crippen molar-refractivity contribution >= 4 is 15.9 Å². The van der Waals surface area contributed by atoms with Gasteiger partial charge in [-0.05, 0) is 28.1 Å². The number of aromatic nitrogens is 3. The monoisotopic (exact) mass is 295 g/mol. The Balaban J connectivity index is 2.23. The van der Waals surface area contributed by atoms with Crippen LogP contribution in [-0.4, -0.2) is 14.5 Å². The van der Waals surface area contributed by atoms with Gasteiger partial charge in [0.25, 0.3) is 5.56 Å². The molecule has 0 fully saturated rings. The van der Waals surface area contributed by atoms with Gasteiger partial charge in [0.1, 0.15) is 0 Å². The third-order valence-corrected chi connectivity index (χ3v) is 2.90. The van der Waals surface area contributed by atoms with E-state index in [2.05, 4.69) is 25.9 Å². The molecule has 0 saturated heterocycles. The number of nitrogens with one attached hydrogen (secondary N) is 1. The zero-order valence-electron chi connectivity index (χ0n) is 8.89. The van der Waals surface area contributed by atoms with E-state index < -0.39 is 5.69 Å². The van der Waals surface area contributed by atoms with Crippen molar-refractivity contribution in [3.8, 4) is 0 Å². The second-order valence-corrected chi connectivity index (χ2v) is 4.32. The minimum atomic E-state index is -0.408. The van der Waals surface area contributed by atoms with Crippen LogP contribution in [0, 0.1) is 0 Å². The SMILES string of the molecule is O=c1[nH]cc(Br)c(=O)n1CCc1ccccn1. The smallest absolute Gasteiger partial charge is 0.313 e. The Kier molecular flexibility index (Phi) is 3.53. The summed E-state index contributed by atoms with van der Waals surface area (Å²) in [5.41, 5.74) is 0.109. The Morgan fingerprint density at radius 1 is 1.35 bits per heavy atom. The predicted molar refractivity (Wildman–Crippen MR) is 67.0 cm³/mol. The second-order valence-electron chi connectivity index (χ2n) is 3.47. The van der Waals surface area contributed by atoms with Gasteiger partial charge in [-0.2, -0.15) is 0 Å². The van der Waals surface area contributed by atoms with Crippen molar-refractivity contribution in [1.82, 2.24) is 14.5 Å². The molecule has 0 amide bonds. The zero-order chi connectivity index (χ0) is 12.3. The van der Waals surface area contributed by atoms with Gasteiger partial charge in [0.15, 0.2) is 0 Å². The fourth-order valence-electron chi connectivity index (χ4n) is 1.46. The van der Waals surface area contributed by atoms with Gasteiger partial charge in [0.05, 0.1) is 4.47 Å². The van der Waals surface area contributed by atoms with Crippen LogP contribution in [0.2, 0.25) is 0 Å². The van der Waals surface area contributed by atoms with E-state index in [1.165, 1.54) is 6.20 Å². The molecule has 2 aromatic heterocycles. The highest BCUT2D eigenvalue weighted by molar-refractivity contribution is 9.10. The Hall–Kier alpha value is -1.69. The van der Waals surface area contributed by atoms with Crippen LogP contribution in [0.3, 0.4) is 0 Å². The highest BCUT2D eigenvalue weighted by atomic mass is 79.9. The first-order valence-electron chi connectivity index (χ1n) is 5.06. The summed E-state index contributed by atoms with van der Waals surface area (Å²) in [6.45, 7) is 0.310. The van der Waals surface area contributed by atoms with Crippen molar-refractivity contribution in [2.24, 2.45) is 0 Å². The lowest BCUT2D eigenvalue weighted by Gasteiger charge is -2.04. The highest BCUT2D eigenvalue weighted by Crippen LogP contribution is 1.98. The van der Waals surface area contributed by atoms with Gasteiger partial charge in [0, 0.05) is 31.1 Å². The predicted octanol–water partition coefficient (Wildman–Crippen LogP) is 0.937. The first kappa shape index (κ1) is 11.8. The number of hydrogen-bond acceptors (Lipinski definition) is 3. The molecule has 0 atom stereocenters. The molecule has 2 rings (SSSR count). The number of H-pyrrole nitrogens is 1. The molecule has 6 heteroatoms. The van der Waals surface area contributed by atoms with Crippen molar-refractivity contribution < 1.29 is 0 Å². The average molecular weight is 296 g/mol. The third-order valence-electron chi connectivity index (χ3n) is 2.33. The van der Waals surface area contributed by atoms with Crippen LogP contribution in [0.5, 0.6) is 0 Å². The van der Waals surface area contributed by atoms with Crippen LogP contribution in [-0.2, 0) is 13.0 Å². The molecular weight excluding hydrogens is 286 g/mol. The third kappa shape index (κ3) is 2.71. The van der Waals surface area contributed by atoms with Crippen molar-refractivity contribution in [3.05, 3.63) is 61.6 Å². The standard InChI is InChI=1S/C11H10BrN3O2/c12-9-7-14-11(17)15(10(9)16)6-4-8-3-1-2-5-13-8/h1-3,5,7H,4,6H2,(H,14,17). The molecule has 1 N–H and O–H groups in total. The summed E-state index contributed by atoms with van der Waals surface area (Å²) in [5, 5.41) is 0. The number of aromatic amines is 1. The molecular formula is C11H10BrN3O2. The molecule has 88 valence electrons. The van der Waals surface area contributed by atoms with Gasteiger partial charge < -0.3 is 4.98 Å². The normalized spacial score (nSPS) is 10.4. The molecule has 5 nitrogen and oxygen atoms in total. The van der Waals surface area contributed by atoms with E-state index in [-0.39, 0.29) is 5.56 Å². The molecule has 0 radical (unpaired) electrons. The lowest BCUT2D eigenvalue weighted by atomic mass is 10.3. The molecule has 0 aromatic carbocycles. The summed E-state index contributed by atoms with van der Waals surface area (Å²) in [4.78, 5) is 29.8. The lowest BCUT2D eigenvalue weighted by molar-refractivity contribution is 0.617. The molecule has 0 aliphatic carbocycles. The van der Waals surface area contributed by atoms with Gasteiger partial charge >= 0.3 is 5.69 Å². The van der Waals surface area contributed by atoms with Crippen LogP contribution in [0.15, 0.2) is 44.7 Å². The molecule has 0 aliphatic heterocycles. The van der Waals surface area contributed by atoms with Crippen molar-refractivity contribution in [2.45, 2.75) is 13.0 Å². The second kappa shape index (κ2) is 5.09. The summed E-state index contributed by atoms with van der Waals surface area (Å²) < 4.78 is 1.50. The summed E-state index contributed by atoms with van der Waals surface area (Å²) in [6, 6.07) is 5.55. The number of aryl methyl sites for hydroxylation is 1. The Morgan fingerprint density at radius 3 is 2.88 bits per heavy atom.